The van der Waals surface area contributed by atoms with E-state index in [-0.39, 0.29) is 11.7 Å². The van der Waals surface area contributed by atoms with Crippen molar-refractivity contribution in [2.75, 3.05) is 19.4 Å². The van der Waals surface area contributed by atoms with Crippen molar-refractivity contribution in [2.45, 2.75) is 58.3 Å². The largest absolute Gasteiger partial charge is 0.457 e. The molecule has 1 saturated heterocycles. The van der Waals surface area contributed by atoms with Gasteiger partial charge in [0.2, 0.25) is 5.91 Å². The van der Waals surface area contributed by atoms with Crippen LogP contribution < -0.4 is 11.0 Å². The van der Waals surface area contributed by atoms with Crippen molar-refractivity contribution < 1.29 is 28.6 Å². The van der Waals surface area contributed by atoms with E-state index in [9.17, 15) is 19.2 Å². The lowest BCUT2D eigenvalue weighted by atomic mass is 9.94. The van der Waals surface area contributed by atoms with Crippen LogP contribution in [0.4, 0.5) is 5.82 Å². The monoisotopic (exact) mass is 410 g/mol. The van der Waals surface area contributed by atoms with Gasteiger partial charge in [0.25, 0.3) is 0 Å². The Bertz CT molecular complexity index is 838. The van der Waals surface area contributed by atoms with E-state index in [1.807, 2.05) is 0 Å². The topological polar surface area (TPSA) is 129 Å². The number of ether oxygens (including phenoxy) is 3. The summed E-state index contributed by atoms with van der Waals surface area (Å²) in [6, 6.07) is 0.988. The van der Waals surface area contributed by atoms with Crippen molar-refractivity contribution in [1.29, 1.82) is 0 Å². The zero-order valence-corrected chi connectivity index (χ0v) is 17.2. The van der Waals surface area contributed by atoms with Gasteiger partial charge in [0, 0.05) is 27.0 Å². The molecule has 1 aliphatic rings. The molecule has 0 aliphatic carbocycles. The van der Waals surface area contributed by atoms with Crippen LogP contribution in [0.3, 0.4) is 0 Å². The maximum Gasteiger partial charge on any atom is 0.351 e. The molecule has 2 heterocycles. The molecule has 1 fully saturated rings. The van der Waals surface area contributed by atoms with Gasteiger partial charge in [-0.25, -0.2) is 4.79 Å². The van der Waals surface area contributed by atoms with E-state index in [0.717, 1.165) is 4.57 Å². The molecule has 0 bridgehead atoms. The summed E-state index contributed by atoms with van der Waals surface area (Å²) in [6.45, 7) is 5.53. The smallest absolute Gasteiger partial charge is 0.351 e. The summed E-state index contributed by atoms with van der Waals surface area (Å²) in [5.74, 6) is -1.48. The Morgan fingerprint density at radius 1 is 1.14 bits per heavy atom. The molecule has 0 saturated carbocycles. The molecule has 1 aromatic heterocycles. The molecule has 0 radical (unpaired) electrons. The summed E-state index contributed by atoms with van der Waals surface area (Å²) in [4.78, 5) is 52.8. The molecular weight excluding hydrogens is 384 g/mol. The lowest BCUT2D eigenvalue weighted by Crippen LogP contribution is -2.62. The van der Waals surface area contributed by atoms with Crippen LogP contribution in [-0.4, -0.2) is 70.7 Å². The summed E-state index contributed by atoms with van der Waals surface area (Å²) < 4.78 is 18.0. The van der Waals surface area contributed by atoms with Crippen LogP contribution in [0.1, 0.15) is 33.9 Å². The highest BCUT2D eigenvalue weighted by molar-refractivity contribution is 5.87. The van der Waals surface area contributed by atoms with Crippen LogP contribution in [0.25, 0.3) is 0 Å². The van der Waals surface area contributed by atoms with Gasteiger partial charge < -0.3 is 24.4 Å². The second kappa shape index (κ2) is 9.14. The minimum atomic E-state index is -1.09. The fourth-order valence-electron chi connectivity index (χ4n) is 3.44. The first-order valence-corrected chi connectivity index (χ1v) is 9.04. The first kappa shape index (κ1) is 22.5. The summed E-state index contributed by atoms with van der Waals surface area (Å²) in [5, 5.41) is 2.42. The summed E-state index contributed by atoms with van der Waals surface area (Å²) in [5.41, 5.74) is -0.726. The molecule has 1 N–H and O–H groups in total. The fourth-order valence-corrected chi connectivity index (χ4v) is 3.44. The Morgan fingerprint density at radius 2 is 1.72 bits per heavy atom. The number of hydrogen-bond donors (Lipinski definition) is 1. The van der Waals surface area contributed by atoms with Crippen molar-refractivity contribution in [3.63, 3.8) is 0 Å². The zero-order valence-electron chi connectivity index (χ0n) is 17.2. The third-order valence-electron chi connectivity index (χ3n) is 4.39. The molecule has 11 nitrogen and oxygen atoms in total. The first-order valence-electron chi connectivity index (χ1n) is 9.04. The van der Waals surface area contributed by atoms with Gasteiger partial charge in [0.15, 0.2) is 18.4 Å². The van der Waals surface area contributed by atoms with Gasteiger partial charge in [-0.3, -0.25) is 19.0 Å². The average molecular weight is 410 g/mol. The van der Waals surface area contributed by atoms with E-state index in [2.05, 4.69) is 10.3 Å². The number of likely N-dealkylation sites (N-methyl/N-ethyl adjacent to an activating group) is 1. The van der Waals surface area contributed by atoms with Gasteiger partial charge in [-0.2, -0.15) is 4.98 Å². The summed E-state index contributed by atoms with van der Waals surface area (Å²) >= 11 is 0. The van der Waals surface area contributed by atoms with Crippen molar-refractivity contribution in [1.82, 2.24) is 14.5 Å². The minimum absolute atomic E-state index is 0.0781. The maximum absolute atomic E-state index is 12.6. The first-order chi connectivity index (χ1) is 13.5. The van der Waals surface area contributed by atoms with Crippen molar-refractivity contribution in [3.8, 4) is 0 Å². The highest BCUT2D eigenvalue weighted by Crippen LogP contribution is 2.33. The Labute approximate surface area is 167 Å². The van der Waals surface area contributed by atoms with Gasteiger partial charge >= 0.3 is 17.6 Å². The van der Waals surface area contributed by atoms with Crippen LogP contribution in [0.15, 0.2) is 17.1 Å². The third kappa shape index (κ3) is 5.39. The van der Waals surface area contributed by atoms with E-state index in [0.29, 0.717) is 0 Å². The summed E-state index contributed by atoms with van der Waals surface area (Å²) in [6.07, 6.45) is -2.17. The van der Waals surface area contributed by atoms with Crippen LogP contribution in [-0.2, 0) is 28.6 Å². The number of aromatic nitrogens is 2. The highest BCUT2D eigenvalue weighted by atomic mass is 16.6. The van der Waals surface area contributed by atoms with Crippen LogP contribution in [0.5, 0.6) is 0 Å². The molecule has 29 heavy (non-hydrogen) atoms. The zero-order chi connectivity index (χ0) is 21.9. The number of nitrogens with one attached hydrogen (secondary N) is 1. The van der Waals surface area contributed by atoms with E-state index >= 15 is 0 Å². The molecule has 160 valence electrons. The maximum atomic E-state index is 12.6. The molecule has 2 rings (SSSR count). The number of amides is 1. The van der Waals surface area contributed by atoms with E-state index < -0.39 is 48.2 Å². The Morgan fingerprint density at radius 3 is 2.21 bits per heavy atom. The van der Waals surface area contributed by atoms with Crippen LogP contribution in [0.2, 0.25) is 0 Å². The molecule has 1 aromatic rings. The Hall–Kier alpha value is -2.79. The van der Waals surface area contributed by atoms with Gasteiger partial charge in [-0.15, -0.1) is 0 Å². The molecule has 0 aromatic carbocycles. The predicted octanol–water partition coefficient (Wildman–Crippen LogP) is -0.0874. The minimum Gasteiger partial charge on any atom is -0.457 e. The fraction of sp³-hybridized carbons (Fsp3) is 0.611. The lowest BCUT2D eigenvalue weighted by Gasteiger charge is -2.46. The van der Waals surface area contributed by atoms with Crippen molar-refractivity contribution in [2.24, 2.45) is 0 Å². The lowest BCUT2D eigenvalue weighted by molar-refractivity contribution is -0.241. The normalized spacial score (nSPS) is 26.7. The Balaban J connectivity index is 2.50. The second-order valence-corrected chi connectivity index (χ2v) is 7.02. The van der Waals surface area contributed by atoms with Crippen LogP contribution in [0, 0.1) is 0 Å². The SMILES string of the molecule is CC(=O)Nc1ccn(C2OC(C)C(N(C)C)C(OC(C)=O)C2OC(C)=O)c(=O)n1. The number of esters is 2. The number of nitrogens with zero attached hydrogens (tertiary/aromatic N) is 3. The molecule has 0 spiro atoms. The predicted molar refractivity (Wildman–Crippen MR) is 101 cm³/mol. The number of carbonyl (C=O) groups is 3. The third-order valence-corrected chi connectivity index (χ3v) is 4.39. The van der Waals surface area contributed by atoms with E-state index in [1.54, 1.807) is 25.9 Å². The highest BCUT2D eigenvalue weighted by Gasteiger charge is 2.50. The molecular formula is C18H26N4O7. The number of hydrogen-bond acceptors (Lipinski definition) is 9. The van der Waals surface area contributed by atoms with E-state index in [4.69, 9.17) is 14.2 Å². The standard InChI is InChI=1S/C18H26N4O7/c1-9-14(21(5)6)15(28-11(3)24)16(29-12(4)25)17(27-9)22-8-7-13(19-10(2)23)20-18(22)26/h7-9,14-17H,1-6H3,(H,19,20,23,26). The van der Waals surface area contributed by atoms with Crippen LogP contribution >= 0.6 is 0 Å². The molecule has 5 atom stereocenters. The van der Waals surface area contributed by atoms with Gasteiger partial charge in [0.1, 0.15) is 5.82 Å². The second-order valence-electron chi connectivity index (χ2n) is 7.02. The number of anilines is 1. The number of carbonyl (C=O) groups excluding carboxylic acids is 3. The molecule has 1 amide bonds. The van der Waals surface area contributed by atoms with Crippen molar-refractivity contribution >= 4 is 23.7 Å². The van der Waals surface area contributed by atoms with Gasteiger partial charge in [-0.05, 0) is 27.1 Å². The average Bonchev–Trinajstić information content (AvgIpc) is 2.55. The number of rotatable bonds is 5. The quantitative estimate of drug-likeness (QED) is 0.662. The van der Waals surface area contributed by atoms with E-state index in [1.165, 1.54) is 33.0 Å². The molecule has 1 aliphatic heterocycles. The molecule has 5 unspecified atom stereocenters. The molecule has 11 heteroatoms. The summed E-state index contributed by atoms with van der Waals surface area (Å²) in [7, 11) is 3.56. The van der Waals surface area contributed by atoms with Crippen molar-refractivity contribution in [3.05, 3.63) is 22.7 Å². The van der Waals surface area contributed by atoms with Gasteiger partial charge in [-0.1, -0.05) is 0 Å². The Kier molecular flexibility index (Phi) is 7.09. The van der Waals surface area contributed by atoms with Gasteiger partial charge in [0.05, 0.1) is 12.1 Å².